The second-order valence-electron chi connectivity index (χ2n) is 6.85. The number of benzene rings is 2. The molecule has 172 valence electrons. The van der Waals surface area contributed by atoms with E-state index in [4.69, 9.17) is 16.3 Å². The molecule has 0 saturated heterocycles. The van der Waals surface area contributed by atoms with Gasteiger partial charge in [-0.3, -0.25) is 9.59 Å². The number of carbonyl (C=O) groups is 2. The molecule has 2 amide bonds. The van der Waals surface area contributed by atoms with Gasteiger partial charge in [0.2, 0.25) is 5.91 Å². The van der Waals surface area contributed by atoms with Crippen LogP contribution in [0.3, 0.4) is 0 Å². The number of amides is 2. The molecular weight excluding hydrogens is 461 g/mol. The van der Waals surface area contributed by atoms with Crippen LogP contribution >= 0.6 is 11.6 Å². The Balaban J connectivity index is 1.61. The molecule has 0 aliphatic heterocycles. The van der Waals surface area contributed by atoms with E-state index < -0.39 is 28.6 Å². The van der Waals surface area contributed by atoms with Crippen LogP contribution in [0.15, 0.2) is 54.7 Å². The van der Waals surface area contributed by atoms with Crippen molar-refractivity contribution in [3.63, 3.8) is 0 Å². The summed E-state index contributed by atoms with van der Waals surface area (Å²) in [4.78, 5) is 23.9. The maximum atomic E-state index is 13.0. The Bertz CT molecular complexity index is 1170. The summed E-state index contributed by atoms with van der Waals surface area (Å²) in [6.45, 7) is 0. The monoisotopic (exact) mass is 478 g/mol. The van der Waals surface area contributed by atoms with Crippen LogP contribution in [0.25, 0.3) is 0 Å². The van der Waals surface area contributed by atoms with Crippen molar-refractivity contribution in [1.82, 2.24) is 15.5 Å². The van der Waals surface area contributed by atoms with E-state index in [9.17, 15) is 22.8 Å². The lowest BCUT2D eigenvalue weighted by Gasteiger charge is -2.12. The fraction of sp³-hybridized carbons (Fsp3) is 0.182. The summed E-state index contributed by atoms with van der Waals surface area (Å²) in [7, 11) is 1.47. The second kappa shape index (κ2) is 10.3. The Morgan fingerprint density at radius 2 is 1.88 bits per heavy atom. The molecule has 0 radical (unpaired) electrons. The van der Waals surface area contributed by atoms with Gasteiger partial charge in [0.05, 0.1) is 16.8 Å². The first-order chi connectivity index (χ1) is 15.7. The first-order valence-corrected chi connectivity index (χ1v) is 10.0. The molecule has 0 fully saturated rings. The van der Waals surface area contributed by atoms with Crippen molar-refractivity contribution in [2.75, 3.05) is 12.4 Å². The van der Waals surface area contributed by atoms with E-state index >= 15 is 0 Å². The zero-order valence-corrected chi connectivity index (χ0v) is 18.0. The second-order valence-corrected chi connectivity index (χ2v) is 7.25. The van der Waals surface area contributed by atoms with E-state index in [-0.39, 0.29) is 17.8 Å². The van der Waals surface area contributed by atoms with Gasteiger partial charge >= 0.3 is 6.18 Å². The number of aromatic nitrogens is 2. The fourth-order valence-electron chi connectivity index (χ4n) is 2.85. The number of anilines is 1. The molecule has 0 spiro atoms. The molecule has 33 heavy (non-hydrogen) atoms. The number of nitrogens with one attached hydrogen (secondary N) is 2. The van der Waals surface area contributed by atoms with Crippen molar-refractivity contribution in [2.24, 2.45) is 0 Å². The van der Waals surface area contributed by atoms with E-state index in [0.29, 0.717) is 17.9 Å². The number of hydrogen-bond donors (Lipinski definition) is 2. The lowest BCUT2D eigenvalue weighted by Crippen LogP contribution is -2.19. The molecule has 11 heteroatoms. The number of carbonyl (C=O) groups excluding carboxylic acids is 2. The average Bonchev–Trinajstić information content (AvgIpc) is 2.78. The van der Waals surface area contributed by atoms with E-state index in [2.05, 4.69) is 20.8 Å². The van der Waals surface area contributed by atoms with Gasteiger partial charge in [-0.1, -0.05) is 23.7 Å². The summed E-state index contributed by atoms with van der Waals surface area (Å²) in [5.41, 5.74) is -0.148. The van der Waals surface area contributed by atoms with E-state index in [1.807, 2.05) is 0 Å². The molecule has 7 nitrogen and oxygen atoms in total. The van der Waals surface area contributed by atoms with Gasteiger partial charge in [-0.05, 0) is 42.3 Å². The molecule has 2 N–H and O–H groups in total. The Morgan fingerprint density at radius 1 is 1.09 bits per heavy atom. The van der Waals surface area contributed by atoms with Crippen LogP contribution in [0.2, 0.25) is 5.02 Å². The largest absolute Gasteiger partial charge is 0.456 e. The number of halogens is 4. The predicted molar refractivity (Wildman–Crippen MR) is 115 cm³/mol. The third-order valence-corrected chi connectivity index (χ3v) is 4.75. The minimum Gasteiger partial charge on any atom is -0.456 e. The molecule has 1 heterocycles. The summed E-state index contributed by atoms with van der Waals surface area (Å²) < 4.78 is 44.6. The van der Waals surface area contributed by atoms with Crippen molar-refractivity contribution in [3.05, 3.63) is 76.6 Å². The number of nitrogens with zero attached hydrogens (tertiary/aromatic N) is 2. The van der Waals surface area contributed by atoms with Gasteiger partial charge in [0, 0.05) is 25.2 Å². The Labute approximate surface area is 191 Å². The van der Waals surface area contributed by atoms with E-state index in [1.54, 1.807) is 24.3 Å². The zero-order valence-electron chi connectivity index (χ0n) is 17.2. The highest BCUT2D eigenvalue weighted by atomic mass is 35.5. The van der Waals surface area contributed by atoms with Crippen LogP contribution in [-0.4, -0.2) is 29.1 Å². The minimum atomic E-state index is -4.62. The van der Waals surface area contributed by atoms with Gasteiger partial charge in [-0.25, -0.2) is 0 Å². The predicted octanol–water partition coefficient (Wildman–Crippen LogP) is 4.87. The smallest absolute Gasteiger partial charge is 0.417 e. The van der Waals surface area contributed by atoms with Gasteiger partial charge in [0.15, 0.2) is 5.69 Å². The average molecular weight is 479 g/mol. The zero-order chi connectivity index (χ0) is 24.0. The third kappa shape index (κ3) is 6.66. The SMILES string of the molecule is CNC(=O)c1cc(Oc2cccc(CCC(=O)Nc3ccc(Cl)c(C(F)(F)F)c3)c2)cnn1. The van der Waals surface area contributed by atoms with Crippen LogP contribution in [0.4, 0.5) is 18.9 Å². The number of aryl methyl sites for hydroxylation is 1. The first kappa shape index (κ1) is 24.0. The van der Waals surface area contributed by atoms with Crippen molar-refractivity contribution in [3.8, 4) is 11.5 Å². The van der Waals surface area contributed by atoms with Crippen molar-refractivity contribution >= 4 is 29.1 Å². The van der Waals surface area contributed by atoms with Crippen molar-refractivity contribution < 1.29 is 27.5 Å². The lowest BCUT2D eigenvalue weighted by molar-refractivity contribution is -0.137. The molecule has 1 aromatic heterocycles. The highest BCUT2D eigenvalue weighted by Gasteiger charge is 2.33. The number of rotatable bonds is 7. The van der Waals surface area contributed by atoms with Crippen molar-refractivity contribution in [2.45, 2.75) is 19.0 Å². The van der Waals surface area contributed by atoms with Gasteiger partial charge in [0.25, 0.3) is 5.91 Å². The highest BCUT2D eigenvalue weighted by molar-refractivity contribution is 6.31. The topological polar surface area (TPSA) is 93.2 Å². The van der Waals surface area contributed by atoms with Gasteiger partial charge in [-0.2, -0.15) is 18.3 Å². The van der Waals surface area contributed by atoms with Gasteiger partial charge in [0.1, 0.15) is 11.5 Å². The molecule has 0 bridgehead atoms. The van der Waals surface area contributed by atoms with Crippen LogP contribution in [0.5, 0.6) is 11.5 Å². The highest BCUT2D eigenvalue weighted by Crippen LogP contribution is 2.36. The maximum Gasteiger partial charge on any atom is 0.417 e. The Kier molecular flexibility index (Phi) is 7.49. The lowest BCUT2D eigenvalue weighted by atomic mass is 10.1. The van der Waals surface area contributed by atoms with Crippen LogP contribution in [0.1, 0.15) is 28.0 Å². The van der Waals surface area contributed by atoms with Crippen LogP contribution in [-0.2, 0) is 17.4 Å². The normalized spacial score (nSPS) is 11.1. The number of hydrogen-bond acceptors (Lipinski definition) is 5. The maximum absolute atomic E-state index is 13.0. The molecular formula is C22H18ClF3N4O3. The van der Waals surface area contributed by atoms with Gasteiger partial charge in [-0.15, -0.1) is 5.10 Å². The van der Waals surface area contributed by atoms with E-state index in [0.717, 1.165) is 17.7 Å². The summed E-state index contributed by atoms with van der Waals surface area (Å²) in [5, 5.41) is 11.9. The molecule has 0 atom stereocenters. The Morgan fingerprint density at radius 3 is 2.61 bits per heavy atom. The molecule has 0 aliphatic carbocycles. The molecule has 0 aliphatic rings. The third-order valence-electron chi connectivity index (χ3n) is 4.42. The minimum absolute atomic E-state index is 0.00548. The van der Waals surface area contributed by atoms with Crippen LogP contribution in [0, 0.1) is 0 Å². The summed E-state index contributed by atoms with van der Waals surface area (Å²) in [6, 6.07) is 11.5. The number of ether oxygens (including phenoxy) is 1. The summed E-state index contributed by atoms with van der Waals surface area (Å²) in [5.74, 6) is -0.0981. The Hall–Kier alpha value is -3.66. The molecule has 2 aromatic carbocycles. The quantitative estimate of drug-likeness (QED) is 0.505. The standard InChI is InChI=1S/C22H18ClF3N4O3/c1-27-21(32)19-11-16(12-28-30-19)33-15-4-2-3-13(9-15)5-8-20(31)29-14-6-7-18(23)17(10-14)22(24,25)26/h2-4,6-7,9-12H,5,8H2,1H3,(H,27,32)(H,29,31). The van der Waals surface area contributed by atoms with Crippen molar-refractivity contribution in [1.29, 1.82) is 0 Å². The van der Waals surface area contributed by atoms with Gasteiger partial charge < -0.3 is 15.4 Å². The fourth-order valence-corrected chi connectivity index (χ4v) is 3.07. The molecule has 3 rings (SSSR count). The molecule has 0 unspecified atom stereocenters. The summed E-state index contributed by atoms with van der Waals surface area (Å²) in [6.07, 6.45) is -2.91. The summed E-state index contributed by atoms with van der Waals surface area (Å²) >= 11 is 5.59. The number of alkyl halides is 3. The molecule has 0 saturated carbocycles. The van der Waals surface area contributed by atoms with E-state index in [1.165, 1.54) is 25.4 Å². The first-order valence-electron chi connectivity index (χ1n) is 9.64. The van der Waals surface area contributed by atoms with Crippen LogP contribution < -0.4 is 15.4 Å². The molecule has 3 aromatic rings.